The molecule has 5 heteroatoms. The second-order valence-corrected chi connectivity index (χ2v) is 5.92. The van der Waals surface area contributed by atoms with Crippen LogP contribution in [0.25, 0.3) is 0 Å². The smallest absolute Gasteiger partial charge is 0.124 e. The molecular weight excluding hydrogens is 354 g/mol. The van der Waals surface area contributed by atoms with Crippen LogP contribution < -0.4 is 0 Å². The predicted octanol–water partition coefficient (Wildman–Crippen LogP) is 5.17. The van der Waals surface area contributed by atoms with E-state index in [0.29, 0.717) is 25.6 Å². The Morgan fingerprint density at radius 2 is 1.89 bits per heavy atom. The van der Waals surface area contributed by atoms with E-state index in [-0.39, 0.29) is 12.2 Å². The predicted molar refractivity (Wildman–Crippen MR) is 79.2 cm³/mol. The van der Waals surface area contributed by atoms with Gasteiger partial charge in [0.05, 0.1) is 6.10 Å². The van der Waals surface area contributed by atoms with Crippen LogP contribution in [0.2, 0.25) is 10.0 Å². The summed E-state index contributed by atoms with van der Waals surface area (Å²) in [6.07, 6.45) is -0.573. The van der Waals surface area contributed by atoms with Gasteiger partial charge < -0.3 is 5.11 Å². The van der Waals surface area contributed by atoms with Gasteiger partial charge in [0, 0.05) is 26.5 Å². The number of hydrogen-bond acceptors (Lipinski definition) is 1. The van der Waals surface area contributed by atoms with E-state index in [1.807, 2.05) is 0 Å². The molecule has 19 heavy (non-hydrogen) atoms. The Balaban J connectivity index is 2.25. The van der Waals surface area contributed by atoms with Gasteiger partial charge in [0.2, 0.25) is 0 Å². The SMILES string of the molecule is OC(Cc1cc(F)cc(Br)c1)c1cc(Cl)ccc1Cl. The average Bonchev–Trinajstić information content (AvgIpc) is 2.30. The molecule has 2 rings (SSSR count). The first-order valence-electron chi connectivity index (χ1n) is 5.53. The molecule has 0 bridgehead atoms. The van der Waals surface area contributed by atoms with Crippen molar-refractivity contribution in [3.63, 3.8) is 0 Å². The normalized spacial score (nSPS) is 12.5. The molecule has 2 aromatic carbocycles. The highest BCUT2D eigenvalue weighted by molar-refractivity contribution is 9.10. The highest BCUT2D eigenvalue weighted by Gasteiger charge is 2.14. The van der Waals surface area contributed by atoms with Crippen molar-refractivity contribution < 1.29 is 9.50 Å². The molecular formula is C14H10BrCl2FO. The Hall–Kier alpha value is -0.610. The highest BCUT2D eigenvalue weighted by atomic mass is 79.9. The third kappa shape index (κ3) is 3.93. The van der Waals surface area contributed by atoms with Crippen molar-refractivity contribution in [3.8, 4) is 0 Å². The topological polar surface area (TPSA) is 20.2 Å². The number of benzene rings is 2. The molecule has 0 aromatic heterocycles. The maximum atomic E-state index is 13.3. The van der Waals surface area contributed by atoms with Crippen LogP contribution in [-0.4, -0.2) is 5.11 Å². The maximum absolute atomic E-state index is 13.3. The Kier molecular flexibility index (Phi) is 4.85. The summed E-state index contributed by atoms with van der Waals surface area (Å²) in [5.41, 5.74) is 1.21. The van der Waals surface area contributed by atoms with Crippen molar-refractivity contribution in [2.24, 2.45) is 0 Å². The third-order valence-corrected chi connectivity index (χ3v) is 3.71. The van der Waals surface area contributed by atoms with E-state index in [1.165, 1.54) is 12.1 Å². The zero-order chi connectivity index (χ0) is 14.0. The summed E-state index contributed by atoms with van der Waals surface area (Å²) in [6, 6.07) is 9.39. The Morgan fingerprint density at radius 1 is 1.16 bits per heavy atom. The molecule has 0 amide bonds. The van der Waals surface area contributed by atoms with Crippen molar-refractivity contribution >= 4 is 39.1 Å². The van der Waals surface area contributed by atoms with Crippen LogP contribution in [0.15, 0.2) is 40.9 Å². The first-order valence-corrected chi connectivity index (χ1v) is 7.08. The van der Waals surface area contributed by atoms with Gasteiger partial charge in [0.25, 0.3) is 0 Å². The van der Waals surface area contributed by atoms with Gasteiger partial charge in [-0.25, -0.2) is 4.39 Å². The van der Waals surface area contributed by atoms with Gasteiger partial charge in [0.1, 0.15) is 5.82 Å². The van der Waals surface area contributed by atoms with Crippen LogP contribution in [0, 0.1) is 5.82 Å². The van der Waals surface area contributed by atoms with Crippen molar-refractivity contribution in [1.82, 2.24) is 0 Å². The summed E-state index contributed by atoms with van der Waals surface area (Å²) in [5.74, 6) is -0.353. The molecule has 0 spiro atoms. The average molecular weight is 364 g/mol. The van der Waals surface area contributed by atoms with E-state index in [4.69, 9.17) is 23.2 Å². The lowest BCUT2D eigenvalue weighted by molar-refractivity contribution is 0.178. The van der Waals surface area contributed by atoms with Gasteiger partial charge in [0.15, 0.2) is 0 Å². The molecule has 0 fully saturated rings. The van der Waals surface area contributed by atoms with Gasteiger partial charge in [-0.1, -0.05) is 39.1 Å². The minimum Gasteiger partial charge on any atom is -0.388 e. The fourth-order valence-electron chi connectivity index (χ4n) is 1.83. The third-order valence-electron chi connectivity index (χ3n) is 2.67. The van der Waals surface area contributed by atoms with E-state index in [0.717, 1.165) is 0 Å². The van der Waals surface area contributed by atoms with Gasteiger partial charge in [-0.15, -0.1) is 0 Å². The van der Waals surface area contributed by atoms with E-state index < -0.39 is 6.10 Å². The van der Waals surface area contributed by atoms with Crippen LogP contribution in [0.3, 0.4) is 0 Å². The number of rotatable bonds is 3. The molecule has 1 N–H and O–H groups in total. The maximum Gasteiger partial charge on any atom is 0.124 e. The molecule has 2 aromatic rings. The van der Waals surface area contributed by atoms with E-state index in [9.17, 15) is 9.50 Å². The van der Waals surface area contributed by atoms with Crippen molar-refractivity contribution in [3.05, 3.63) is 67.9 Å². The van der Waals surface area contributed by atoms with Crippen molar-refractivity contribution in [1.29, 1.82) is 0 Å². The molecule has 1 unspecified atom stereocenters. The van der Waals surface area contributed by atoms with Crippen molar-refractivity contribution in [2.45, 2.75) is 12.5 Å². The van der Waals surface area contributed by atoms with Gasteiger partial charge in [-0.2, -0.15) is 0 Å². The van der Waals surface area contributed by atoms with Gasteiger partial charge in [-0.3, -0.25) is 0 Å². The molecule has 100 valence electrons. The summed E-state index contributed by atoms with van der Waals surface area (Å²) in [4.78, 5) is 0. The van der Waals surface area contributed by atoms with Gasteiger partial charge >= 0.3 is 0 Å². The van der Waals surface area contributed by atoms with Crippen LogP contribution in [0.1, 0.15) is 17.2 Å². The quantitative estimate of drug-likeness (QED) is 0.797. The summed E-state index contributed by atoms with van der Waals surface area (Å²) < 4.78 is 13.9. The molecule has 1 atom stereocenters. The molecule has 0 radical (unpaired) electrons. The fourth-order valence-corrected chi connectivity index (χ4v) is 2.77. The molecule has 0 aliphatic carbocycles. The second-order valence-electron chi connectivity index (χ2n) is 4.16. The van der Waals surface area contributed by atoms with E-state index in [2.05, 4.69) is 15.9 Å². The summed E-state index contributed by atoms with van der Waals surface area (Å²) in [6.45, 7) is 0. The largest absolute Gasteiger partial charge is 0.388 e. The Morgan fingerprint density at radius 3 is 2.58 bits per heavy atom. The van der Waals surface area contributed by atoms with Crippen molar-refractivity contribution in [2.75, 3.05) is 0 Å². The molecule has 0 saturated carbocycles. The molecule has 0 aliphatic heterocycles. The van der Waals surface area contributed by atoms with Gasteiger partial charge in [-0.05, 0) is 42.0 Å². The molecule has 1 nitrogen and oxygen atoms in total. The zero-order valence-electron chi connectivity index (χ0n) is 9.71. The van der Waals surface area contributed by atoms with Crippen LogP contribution >= 0.6 is 39.1 Å². The number of aliphatic hydroxyl groups is 1. The number of hydrogen-bond donors (Lipinski definition) is 1. The lowest BCUT2D eigenvalue weighted by Crippen LogP contribution is -2.03. The second kappa shape index (κ2) is 6.23. The molecule has 0 heterocycles. The zero-order valence-corrected chi connectivity index (χ0v) is 12.8. The molecule has 0 saturated heterocycles. The summed E-state index contributed by atoms with van der Waals surface area (Å²) >= 11 is 15.1. The fraction of sp³-hybridized carbons (Fsp3) is 0.143. The van der Waals surface area contributed by atoms with Crippen LogP contribution in [-0.2, 0) is 6.42 Å². The number of halogens is 4. The first kappa shape index (κ1) is 14.8. The Labute approximate surface area is 129 Å². The number of aliphatic hydroxyl groups excluding tert-OH is 1. The molecule has 0 aliphatic rings. The minimum atomic E-state index is -0.833. The van der Waals surface area contributed by atoms with E-state index in [1.54, 1.807) is 24.3 Å². The summed E-state index contributed by atoms with van der Waals surface area (Å²) in [7, 11) is 0. The van der Waals surface area contributed by atoms with Crippen LogP contribution in [0.4, 0.5) is 4.39 Å². The minimum absolute atomic E-state index is 0.260. The monoisotopic (exact) mass is 362 g/mol. The summed E-state index contributed by atoms with van der Waals surface area (Å²) in [5, 5.41) is 11.1. The standard InChI is InChI=1S/C14H10BrCl2FO/c15-9-3-8(4-11(18)6-9)5-14(19)12-7-10(16)1-2-13(12)17/h1-4,6-7,14,19H,5H2. The lowest BCUT2D eigenvalue weighted by Gasteiger charge is -2.13. The van der Waals surface area contributed by atoms with Crippen LogP contribution in [0.5, 0.6) is 0 Å². The first-order chi connectivity index (χ1) is 8.95. The van der Waals surface area contributed by atoms with E-state index >= 15 is 0 Å². The Bertz CT molecular complexity index is 584. The highest BCUT2D eigenvalue weighted by Crippen LogP contribution is 2.29. The lowest BCUT2D eigenvalue weighted by atomic mass is 10.0.